The summed E-state index contributed by atoms with van der Waals surface area (Å²) in [4.78, 5) is 47.8. The first-order valence-corrected chi connectivity index (χ1v) is 11.9. The Hall–Kier alpha value is -3.76. The Morgan fingerprint density at radius 2 is 2.25 bits per heavy atom. The number of aliphatic carboxylic acids is 1. The van der Waals surface area contributed by atoms with Gasteiger partial charge in [-0.3, -0.25) is 14.5 Å². The Bertz CT molecular complexity index is 1420. The highest BCUT2D eigenvalue weighted by atomic mass is 35.5. The van der Waals surface area contributed by atoms with Crippen LogP contribution in [0.4, 0.5) is 5.13 Å². The molecule has 0 spiro atoms. The number of carboxylic acids is 1. The van der Waals surface area contributed by atoms with Crippen LogP contribution in [0.3, 0.4) is 0 Å². The Kier molecular flexibility index (Phi) is 7.09. The van der Waals surface area contributed by atoms with Crippen molar-refractivity contribution in [2.75, 3.05) is 18.6 Å². The summed E-state index contributed by atoms with van der Waals surface area (Å²) in [5, 5.41) is 19.9. The number of aromatic nitrogens is 5. The number of carbonyl (C=O) groups is 3. The van der Waals surface area contributed by atoms with E-state index in [0.29, 0.717) is 11.3 Å². The number of hydrogen-bond acceptors (Lipinski definition) is 11. The van der Waals surface area contributed by atoms with Crippen LogP contribution in [-0.2, 0) is 25.8 Å². The molecule has 5 heterocycles. The van der Waals surface area contributed by atoms with Crippen LogP contribution >= 0.6 is 35.7 Å². The van der Waals surface area contributed by atoms with Crippen LogP contribution in [0.25, 0.3) is 5.65 Å². The highest BCUT2D eigenvalue weighted by molar-refractivity contribution is 8.00. The molecule has 1 saturated heterocycles. The van der Waals surface area contributed by atoms with Gasteiger partial charge in [0.15, 0.2) is 11.3 Å². The molecule has 0 bridgehead atoms. The number of imidazole rings is 1. The van der Waals surface area contributed by atoms with Crippen molar-refractivity contribution >= 4 is 70.0 Å². The first-order chi connectivity index (χ1) is 16.9. The number of carbonyl (C=O) groups excluding carboxylic acids is 2. The molecule has 188 valence electrons. The van der Waals surface area contributed by atoms with E-state index in [-0.39, 0.29) is 41.3 Å². The van der Waals surface area contributed by atoms with Gasteiger partial charge in [-0.05, 0) is 6.07 Å². The summed E-state index contributed by atoms with van der Waals surface area (Å²) in [5.74, 6) is -2.17. The number of anilines is 1. The SMILES string of the molecule is CON=C(C(=O)N[C@@H]1C(=O)N2C(C(=O)O)=C(C[n+]3ccn4ncccc43)CS[C@H]12)c1nsc(N)n1.Cl. The van der Waals surface area contributed by atoms with E-state index >= 15 is 0 Å². The standard InChI is InChI=1S/C19H17N9O5S2.ClH/c1-33-24-11(14-23-19(20)35-25-14)15(29)22-12-16(30)28-13(18(31)32)9(8-34-17(12)28)7-26-5-6-27-10(26)3-2-4-21-27;/h2-6,12,17H,7-8H2,1H3,(H3-,20,22,23,25,29,31,32);1H/p+1/t12-,17-;/m1./s1. The van der Waals surface area contributed by atoms with Crippen molar-refractivity contribution in [2.45, 2.75) is 18.0 Å². The third kappa shape index (κ3) is 4.33. The van der Waals surface area contributed by atoms with Crippen LogP contribution in [0.2, 0.25) is 0 Å². The molecule has 3 aromatic heterocycles. The third-order valence-corrected chi connectivity index (χ3v) is 7.27. The number of carboxylic acid groups (broad SMARTS) is 1. The number of oxime groups is 1. The average Bonchev–Trinajstić information content (AvgIpc) is 3.46. The summed E-state index contributed by atoms with van der Waals surface area (Å²) < 4.78 is 7.48. The van der Waals surface area contributed by atoms with Gasteiger partial charge < -0.3 is 21.0 Å². The predicted molar refractivity (Wildman–Crippen MR) is 130 cm³/mol. The summed E-state index contributed by atoms with van der Waals surface area (Å²) in [5.41, 5.74) is 6.60. The zero-order valence-corrected chi connectivity index (χ0v) is 20.9. The maximum atomic E-state index is 13.0. The molecule has 0 radical (unpaired) electrons. The van der Waals surface area contributed by atoms with Crippen LogP contribution < -0.4 is 15.6 Å². The second kappa shape index (κ2) is 10.1. The van der Waals surface area contributed by atoms with E-state index in [4.69, 9.17) is 10.6 Å². The normalized spacial score (nSPS) is 19.4. The molecule has 3 aromatic rings. The Morgan fingerprint density at radius 3 is 2.94 bits per heavy atom. The fraction of sp³-hybridized carbons (Fsp3) is 0.263. The van der Waals surface area contributed by atoms with Crippen LogP contribution in [0.15, 0.2) is 47.1 Å². The second-order valence-corrected chi connectivity index (χ2v) is 9.34. The Morgan fingerprint density at radius 1 is 1.44 bits per heavy atom. The number of halogens is 1. The molecule has 0 aliphatic carbocycles. The zero-order valence-electron chi connectivity index (χ0n) is 18.5. The summed E-state index contributed by atoms with van der Waals surface area (Å²) in [6.07, 6.45) is 5.21. The van der Waals surface area contributed by atoms with E-state index in [2.05, 4.69) is 24.9 Å². The fourth-order valence-electron chi connectivity index (χ4n) is 3.90. The largest absolute Gasteiger partial charge is 0.477 e. The highest BCUT2D eigenvalue weighted by Gasteiger charge is 2.54. The molecule has 2 aliphatic rings. The molecular formula is C19H19ClN9O5S2+. The molecule has 2 atom stereocenters. The van der Waals surface area contributed by atoms with Gasteiger partial charge in [0.2, 0.25) is 11.5 Å². The molecule has 17 heteroatoms. The van der Waals surface area contributed by atoms with E-state index in [0.717, 1.165) is 17.2 Å². The molecule has 36 heavy (non-hydrogen) atoms. The van der Waals surface area contributed by atoms with Crippen molar-refractivity contribution in [3.8, 4) is 0 Å². The van der Waals surface area contributed by atoms with Crippen molar-refractivity contribution in [2.24, 2.45) is 5.16 Å². The van der Waals surface area contributed by atoms with E-state index in [1.807, 2.05) is 10.6 Å². The van der Waals surface area contributed by atoms with Crippen molar-refractivity contribution in [1.82, 2.24) is 29.2 Å². The third-order valence-electron chi connectivity index (χ3n) is 5.39. The number of nitrogens with zero attached hydrogens (tertiary/aromatic N) is 7. The lowest BCUT2D eigenvalue weighted by Crippen LogP contribution is -2.71. The number of β-lactam (4-membered cyclic amide) rings is 1. The molecule has 14 nitrogen and oxygen atoms in total. The molecule has 5 rings (SSSR count). The van der Waals surface area contributed by atoms with Crippen LogP contribution in [0, 0.1) is 0 Å². The van der Waals surface area contributed by atoms with Gasteiger partial charge in [0, 0.05) is 28.9 Å². The minimum absolute atomic E-state index is 0. The average molecular weight is 553 g/mol. The lowest BCUT2D eigenvalue weighted by Gasteiger charge is -2.49. The number of nitrogens with two attached hydrogens (primary N) is 1. The fourth-order valence-corrected chi connectivity index (χ4v) is 5.67. The van der Waals surface area contributed by atoms with Crippen LogP contribution in [0.1, 0.15) is 5.82 Å². The molecular weight excluding hydrogens is 534 g/mol. The first-order valence-electron chi connectivity index (χ1n) is 10.1. The molecule has 0 unspecified atom stereocenters. The van der Waals surface area contributed by atoms with Gasteiger partial charge in [-0.2, -0.15) is 9.36 Å². The van der Waals surface area contributed by atoms with Gasteiger partial charge in [-0.25, -0.2) is 9.36 Å². The quantitative estimate of drug-likeness (QED) is 0.146. The monoisotopic (exact) mass is 552 g/mol. The molecule has 2 aliphatic heterocycles. The zero-order chi connectivity index (χ0) is 24.7. The second-order valence-electron chi connectivity index (χ2n) is 7.45. The molecule has 2 amide bonds. The van der Waals surface area contributed by atoms with E-state index < -0.39 is 29.2 Å². The number of rotatable bonds is 7. The lowest BCUT2D eigenvalue weighted by atomic mass is 10.0. The highest BCUT2D eigenvalue weighted by Crippen LogP contribution is 2.40. The van der Waals surface area contributed by atoms with E-state index in [1.54, 1.807) is 29.2 Å². The summed E-state index contributed by atoms with van der Waals surface area (Å²) in [6.45, 7) is 0.270. The summed E-state index contributed by atoms with van der Waals surface area (Å²) in [7, 11) is 1.25. The number of thioether (sulfide) groups is 1. The van der Waals surface area contributed by atoms with Crippen LogP contribution in [-0.4, -0.2) is 76.8 Å². The minimum atomic E-state index is -1.21. The number of amides is 2. The van der Waals surface area contributed by atoms with Crippen molar-refractivity contribution in [1.29, 1.82) is 0 Å². The molecule has 1 fully saturated rings. The maximum Gasteiger partial charge on any atom is 0.352 e. The van der Waals surface area contributed by atoms with Gasteiger partial charge in [0.05, 0.1) is 6.20 Å². The van der Waals surface area contributed by atoms with Crippen molar-refractivity contribution in [3.05, 3.63) is 47.8 Å². The van der Waals surface area contributed by atoms with Crippen molar-refractivity contribution in [3.63, 3.8) is 0 Å². The van der Waals surface area contributed by atoms with Gasteiger partial charge >= 0.3 is 11.6 Å². The summed E-state index contributed by atoms with van der Waals surface area (Å²) >= 11 is 2.24. The lowest BCUT2D eigenvalue weighted by molar-refractivity contribution is -0.662. The Labute approximate surface area is 217 Å². The number of nitrogens with one attached hydrogen (secondary N) is 1. The Balaban J connectivity index is 0.00000304. The number of nitrogen functional groups attached to an aromatic ring is 1. The van der Waals surface area contributed by atoms with Gasteiger partial charge in [0.1, 0.15) is 37.0 Å². The number of hydrogen-bond donors (Lipinski definition) is 3. The van der Waals surface area contributed by atoms with Gasteiger partial charge in [-0.15, -0.1) is 28.7 Å². The van der Waals surface area contributed by atoms with Gasteiger partial charge in [0.25, 0.3) is 11.8 Å². The summed E-state index contributed by atoms with van der Waals surface area (Å²) in [6, 6.07) is 2.69. The first kappa shape index (κ1) is 25.3. The predicted octanol–water partition coefficient (Wildman–Crippen LogP) is -0.733. The van der Waals surface area contributed by atoms with Gasteiger partial charge in [-0.1, -0.05) is 10.3 Å². The van der Waals surface area contributed by atoms with E-state index in [1.165, 1.54) is 23.8 Å². The number of fused-ring (bicyclic) bond motifs is 2. The van der Waals surface area contributed by atoms with Crippen LogP contribution in [0.5, 0.6) is 0 Å². The molecule has 0 aromatic carbocycles. The molecule has 0 saturated carbocycles. The smallest absolute Gasteiger partial charge is 0.352 e. The van der Waals surface area contributed by atoms with Crippen molar-refractivity contribution < 1.29 is 28.9 Å². The minimum Gasteiger partial charge on any atom is -0.477 e. The maximum absolute atomic E-state index is 13.0. The topological polar surface area (TPSA) is 181 Å². The molecule has 4 N–H and O–H groups in total. The van der Waals surface area contributed by atoms with E-state index in [9.17, 15) is 19.5 Å².